The Morgan fingerprint density at radius 2 is 2.18 bits per heavy atom. The van der Waals surface area contributed by atoms with Crippen molar-refractivity contribution in [3.63, 3.8) is 0 Å². The van der Waals surface area contributed by atoms with Gasteiger partial charge in [0.2, 0.25) is 0 Å². The fourth-order valence-electron chi connectivity index (χ4n) is 2.46. The van der Waals surface area contributed by atoms with Crippen LogP contribution in [0.2, 0.25) is 0 Å². The summed E-state index contributed by atoms with van der Waals surface area (Å²) in [5, 5.41) is 8.68. The van der Waals surface area contributed by atoms with Crippen LogP contribution in [0.25, 0.3) is 0 Å². The zero-order valence-electron chi connectivity index (χ0n) is 10.9. The van der Waals surface area contributed by atoms with E-state index in [0.717, 1.165) is 6.54 Å². The van der Waals surface area contributed by atoms with Gasteiger partial charge in [-0.25, -0.2) is 4.39 Å². The highest BCUT2D eigenvalue weighted by molar-refractivity contribution is 5.68. The number of alkyl halides is 1. The minimum Gasteiger partial charge on any atom is -0.480 e. The van der Waals surface area contributed by atoms with Crippen molar-refractivity contribution in [2.45, 2.75) is 32.5 Å². The smallest absolute Gasteiger partial charge is 0.317 e. The molecule has 5 heteroatoms. The Morgan fingerprint density at radius 3 is 2.71 bits per heavy atom. The molecule has 0 aliphatic carbocycles. The maximum atomic E-state index is 13.6. The third kappa shape index (κ3) is 5.00. The van der Waals surface area contributed by atoms with Crippen molar-refractivity contribution in [2.24, 2.45) is 5.92 Å². The molecule has 0 amide bonds. The summed E-state index contributed by atoms with van der Waals surface area (Å²) in [7, 11) is 1.77. The minimum atomic E-state index is -0.833. The number of likely N-dealkylation sites (tertiary alicyclic amines) is 1. The van der Waals surface area contributed by atoms with Crippen LogP contribution < -0.4 is 0 Å². The van der Waals surface area contributed by atoms with Gasteiger partial charge in [-0.2, -0.15) is 0 Å². The summed E-state index contributed by atoms with van der Waals surface area (Å²) >= 11 is 0. The van der Waals surface area contributed by atoms with Crippen LogP contribution in [0, 0.1) is 5.92 Å². The van der Waals surface area contributed by atoms with E-state index in [2.05, 4.69) is 18.7 Å². The first kappa shape index (κ1) is 14.4. The average Bonchev–Trinajstić information content (AvgIpc) is 2.14. The highest BCUT2D eigenvalue weighted by atomic mass is 19.1. The first-order valence-corrected chi connectivity index (χ1v) is 6.17. The molecule has 1 N–H and O–H groups in total. The van der Waals surface area contributed by atoms with Gasteiger partial charge in [-0.1, -0.05) is 0 Å². The Labute approximate surface area is 102 Å². The number of piperidine rings is 1. The van der Waals surface area contributed by atoms with Gasteiger partial charge in [0.1, 0.15) is 6.17 Å². The van der Waals surface area contributed by atoms with E-state index < -0.39 is 12.1 Å². The lowest BCUT2D eigenvalue weighted by Gasteiger charge is -2.38. The number of carbonyl (C=O) groups is 1. The monoisotopic (exact) mass is 246 g/mol. The molecule has 1 aliphatic heterocycles. The van der Waals surface area contributed by atoms with Crippen LogP contribution in [0.15, 0.2) is 0 Å². The SMILES string of the molecule is CC(C)N1CC(F)CC(CN(C)CC(=O)O)C1. The lowest BCUT2D eigenvalue weighted by molar-refractivity contribution is -0.138. The lowest BCUT2D eigenvalue weighted by Crippen LogP contribution is -2.48. The standard InChI is InChI=1S/C12H23FN2O2/c1-9(2)15-6-10(4-11(13)7-15)5-14(3)8-12(16)17/h9-11H,4-8H2,1-3H3,(H,16,17). The summed E-state index contributed by atoms with van der Waals surface area (Å²) in [6.07, 6.45) is -0.234. The molecule has 2 unspecified atom stereocenters. The van der Waals surface area contributed by atoms with Crippen LogP contribution >= 0.6 is 0 Å². The lowest BCUT2D eigenvalue weighted by atomic mass is 9.95. The second-order valence-electron chi connectivity index (χ2n) is 5.34. The number of likely N-dealkylation sites (N-methyl/N-ethyl adjacent to an activating group) is 1. The van der Waals surface area contributed by atoms with Crippen LogP contribution in [-0.2, 0) is 4.79 Å². The predicted molar refractivity (Wildman–Crippen MR) is 64.8 cm³/mol. The maximum absolute atomic E-state index is 13.6. The van der Waals surface area contributed by atoms with E-state index in [0.29, 0.717) is 25.6 Å². The zero-order valence-corrected chi connectivity index (χ0v) is 10.9. The summed E-state index contributed by atoms with van der Waals surface area (Å²) in [6.45, 7) is 6.18. The molecule has 0 radical (unpaired) electrons. The van der Waals surface area contributed by atoms with Gasteiger partial charge >= 0.3 is 5.97 Å². The quantitative estimate of drug-likeness (QED) is 0.788. The first-order chi connectivity index (χ1) is 7.88. The summed E-state index contributed by atoms with van der Waals surface area (Å²) in [5.74, 6) is -0.605. The van der Waals surface area contributed by atoms with E-state index in [1.54, 1.807) is 11.9 Å². The molecule has 1 fully saturated rings. The molecule has 0 aromatic rings. The van der Waals surface area contributed by atoms with Gasteiger partial charge in [0.05, 0.1) is 6.54 Å². The van der Waals surface area contributed by atoms with Crippen molar-refractivity contribution in [2.75, 3.05) is 33.2 Å². The third-order valence-electron chi connectivity index (χ3n) is 3.22. The average molecular weight is 246 g/mol. The van der Waals surface area contributed by atoms with Crippen molar-refractivity contribution in [3.05, 3.63) is 0 Å². The van der Waals surface area contributed by atoms with Crippen molar-refractivity contribution in [3.8, 4) is 0 Å². The number of hydrogen-bond donors (Lipinski definition) is 1. The van der Waals surface area contributed by atoms with E-state index in [-0.39, 0.29) is 12.5 Å². The normalized spacial score (nSPS) is 26.7. The number of halogens is 1. The number of nitrogens with zero attached hydrogens (tertiary/aromatic N) is 2. The van der Waals surface area contributed by atoms with E-state index in [4.69, 9.17) is 5.11 Å². The zero-order chi connectivity index (χ0) is 13.0. The Bertz CT molecular complexity index is 261. The molecule has 0 spiro atoms. The molecule has 1 rings (SSSR count). The Balaban J connectivity index is 2.44. The Morgan fingerprint density at radius 1 is 1.53 bits per heavy atom. The highest BCUT2D eigenvalue weighted by Gasteiger charge is 2.29. The third-order valence-corrected chi connectivity index (χ3v) is 3.22. The molecule has 1 saturated heterocycles. The van der Waals surface area contributed by atoms with Gasteiger partial charge in [0, 0.05) is 25.7 Å². The van der Waals surface area contributed by atoms with Crippen LogP contribution in [0.1, 0.15) is 20.3 Å². The minimum absolute atomic E-state index is 0.0229. The number of aliphatic carboxylic acids is 1. The maximum Gasteiger partial charge on any atom is 0.317 e. The molecule has 4 nitrogen and oxygen atoms in total. The summed E-state index contributed by atoms with van der Waals surface area (Å²) in [6, 6.07) is 0.348. The molecule has 0 aromatic carbocycles. The topological polar surface area (TPSA) is 43.8 Å². The van der Waals surface area contributed by atoms with Gasteiger partial charge in [-0.3, -0.25) is 14.6 Å². The number of carboxylic acid groups (broad SMARTS) is 1. The Kier molecular flexibility index (Phi) is 5.33. The van der Waals surface area contributed by atoms with Crippen molar-refractivity contribution < 1.29 is 14.3 Å². The second kappa shape index (κ2) is 6.31. The molecule has 1 aliphatic rings. The van der Waals surface area contributed by atoms with Crippen LogP contribution in [-0.4, -0.2) is 66.3 Å². The van der Waals surface area contributed by atoms with Crippen molar-refractivity contribution in [1.82, 2.24) is 9.80 Å². The van der Waals surface area contributed by atoms with Gasteiger partial charge in [-0.05, 0) is 33.2 Å². The largest absolute Gasteiger partial charge is 0.480 e. The summed E-state index contributed by atoms with van der Waals surface area (Å²) in [5.41, 5.74) is 0. The van der Waals surface area contributed by atoms with E-state index in [1.165, 1.54) is 0 Å². The molecule has 0 saturated carbocycles. The van der Waals surface area contributed by atoms with Crippen molar-refractivity contribution in [1.29, 1.82) is 0 Å². The molecule has 17 heavy (non-hydrogen) atoms. The van der Waals surface area contributed by atoms with Gasteiger partial charge in [0.25, 0.3) is 0 Å². The van der Waals surface area contributed by atoms with Crippen LogP contribution in [0.4, 0.5) is 4.39 Å². The van der Waals surface area contributed by atoms with Gasteiger partial charge in [-0.15, -0.1) is 0 Å². The summed E-state index contributed by atoms with van der Waals surface area (Å²) < 4.78 is 13.6. The first-order valence-electron chi connectivity index (χ1n) is 6.17. The van der Waals surface area contributed by atoms with Gasteiger partial charge < -0.3 is 5.11 Å². The Hall–Kier alpha value is -0.680. The molecule has 0 aromatic heterocycles. The molecule has 0 bridgehead atoms. The number of rotatable bonds is 5. The fraction of sp³-hybridized carbons (Fsp3) is 0.917. The van der Waals surface area contributed by atoms with E-state index in [9.17, 15) is 9.18 Å². The second-order valence-corrected chi connectivity index (χ2v) is 5.34. The predicted octanol–water partition coefficient (Wildman–Crippen LogP) is 1.07. The van der Waals surface area contributed by atoms with Crippen molar-refractivity contribution >= 4 is 5.97 Å². The summed E-state index contributed by atoms with van der Waals surface area (Å²) in [4.78, 5) is 14.4. The molecule has 2 atom stereocenters. The molecule has 100 valence electrons. The van der Waals surface area contributed by atoms with E-state index >= 15 is 0 Å². The number of carboxylic acids is 1. The van der Waals surface area contributed by atoms with Crippen LogP contribution in [0.5, 0.6) is 0 Å². The fourth-order valence-corrected chi connectivity index (χ4v) is 2.46. The number of hydrogen-bond acceptors (Lipinski definition) is 3. The molecular weight excluding hydrogens is 223 g/mol. The highest BCUT2D eigenvalue weighted by Crippen LogP contribution is 2.21. The van der Waals surface area contributed by atoms with Crippen LogP contribution in [0.3, 0.4) is 0 Å². The molecule has 1 heterocycles. The van der Waals surface area contributed by atoms with Gasteiger partial charge in [0.15, 0.2) is 0 Å². The molecular formula is C12H23FN2O2. The van der Waals surface area contributed by atoms with E-state index in [1.807, 2.05) is 0 Å².